The summed E-state index contributed by atoms with van der Waals surface area (Å²) >= 11 is 4.91. The van der Waals surface area contributed by atoms with Gasteiger partial charge in [0.2, 0.25) is 5.91 Å². The SMILES string of the molecule is COC(=O)c1cc(CNC(=O)/C=C/c2ccc(Br)s2)ccc1OC. The molecule has 0 bridgehead atoms. The van der Waals surface area contributed by atoms with Crippen molar-refractivity contribution in [1.29, 1.82) is 0 Å². The smallest absolute Gasteiger partial charge is 0.341 e. The van der Waals surface area contributed by atoms with E-state index in [1.165, 1.54) is 20.3 Å². The number of carbonyl (C=O) groups is 2. The van der Waals surface area contributed by atoms with Gasteiger partial charge in [-0.2, -0.15) is 0 Å². The lowest BCUT2D eigenvalue weighted by Crippen LogP contribution is -2.20. The molecule has 0 aliphatic rings. The fourth-order valence-corrected chi connectivity index (χ4v) is 3.28. The van der Waals surface area contributed by atoms with Gasteiger partial charge in [-0.1, -0.05) is 6.07 Å². The third-order valence-corrected chi connectivity index (χ3v) is 4.72. The zero-order valence-electron chi connectivity index (χ0n) is 13.2. The van der Waals surface area contributed by atoms with Crippen molar-refractivity contribution in [3.63, 3.8) is 0 Å². The van der Waals surface area contributed by atoms with Crippen molar-refractivity contribution in [1.82, 2.24) is 5.32 Å². The van der Waals surface area contributed by atoms with Crippen LogP contribution in [0.4, 0.5) is 0 Å². The van der Waals surface area contributed by atoms with E-state index in [0.29, 0.717) is 17.9 Å². The quantitative estimate of drug-likeness (QED) is 0.584. The molecule has 2 aromatic rings. The van der Waals surface area contributed by atoms with E-state index in [0.717, 1.165) is 14.2 Å². The Balaban J connectivity index is 1.99. The summed E-state index contributed by atoms with van der Waals surface area (Å²) in [5.74, 6) is -0.266. The monoisotopic (exact) mass is 409 g/mol. The van der Waals surface area contributed by atoms with Crippen molar-refractivity contribution < 1.29 is 19.1 Å². The van der Waals surface area contributed by atoms with Gasteiger partial charge in [-0.05, 0) is 51.8 Å². The lowest BCUT2D eigenvalue weighted by Gasteiger charge is -2.09. The zero-order valence-corrected chi connectivity index (χ0v) is 15.6. The Kier molecular flexibility index (Phi) is 6.57. The van der Waals surface area contributed by atoms with Gasteiger partial charge in [0.05, 0.1) is 18.0 Å². The fraction of sp³-hybridized carbons (Fsp3) is 0.176. The summed E-state index contributed by atoms with van der Waals surface area (Å²) in [6, 6.07) is 8.95. The highest BCUT2D eigenvalue weighted by molar-refractivity contribution is 9.11. The molecule has 0 aliphatic carbocycles. The summed E-state index contributed by atoms with van der Waals surface area (Å²) in [6.07, 6.45) is 3.22. The molecular formula is C17H16BrNO4S. The predicted molar refractivity (Wildman–Crippen MR) is 97.2 cm³/mol. The molecule has 0 radical (unpaired) electrons. The molecule has 0 atom stereocenters. The van der Waals surface area contributed by atoms with E-state index in [9.17, 15) is 9.59 Å². The summed E-state index contributed by atoms with van der Waals surface area (Å²) in [6.45, 7) is 0.297. The summed E-state index contributed by atoms with van der Waals surface area (Å²) in [4.78, 5) is 24.6. The molecule has 0 spiro atoms. The van der Waals surface area contributed by atoms with Gasteiger partial charge in [-0.3, -0.25) is 4.79 Å². The molecule has 0 saturated heterocycles. The van der Waals surface area contributed by atoms with Crippen molar-refractivity contribution in [3.8, 4) is 5.75 Å². The second-order valence-corrected chi connectivity index (χ2v) is 7.21. The Labute approximate surface area is 152 Å². The molecular weight excluding hydrogens is 394 g/mol. The van der Waals surface area contributed by atoms with Crippen molar-refractivity contribution in [3.05, 3.63) is 56.2 Å². The van der Waals surface area contributed by atoms with Crippen LogP contribution in [0.15, 0.2) is 40.2 Å². The summed E-state index contributed by atoms with van der Waals surface area (Å²) in [7, 11) is 2.79. The first-order valence-electron chi connectivity index (χ1n) is 7.00. The standard InChI is InChI=1S/C17H16BrNO4S/c1-22-14-6-3-11(9-13(14)17(21)23-2)10-19-16(20)8-5-12-4-7-15(18)24-12/h3-9H,10H2,1-2H3,(H,19,20)/b8-5+. The van der Waals surface area contributed by atoms with E-state index < -0.39 is 5.97 Å². The zero-order chi connectivity index (χ0) is 17.5. The molecule has 0 saturated carbocycles. The molecule has 1 N–H and O–H groups in total. The van der Waals surface area contributed by atoms with Crippen molar-refractivity contribution >= 4 is 45.2 Å². The van der Waals surface area contributed by atoms with Gasteiger partial charge in [-0.25, -0.2) is 4.79 Å². The van der Waals surface area contributed by atoms with Crippen LogP contribution in [0.5, 0.6) is 5.75 Å². The minimum Gasteiger partial charge on any atom is -0.496 e. The first kappa shape index (κ1) is 18.2. The van der Waals surface area contributed by atoms with Crippen LogP contribution in [-0.2, 0) is 16.1 Å². The molecule has 24 heavy (non-hydrogen) atoms. The molecule has 1 heterocycles. The van der Waals surface area contributed by atoms with Crippen molar-refractivity contribution in [2.24, 2.45) is 0 Å². The number of rotatable bonds is 6. The highest BCUT2D eigenvalue weighted by Gasteiger charge is 2.13. The number of thiophene rings is 1. The number of amides is 1. The number of nitrogens with one attached hydrogen (secondary N) is 1. The Hall–Kier alpha value is -2.12. The topological polar surface area (TPSA) is 64.6 Å². The normalized spacial score (nSPS) is 10.6. The molecule has 1 amide bonds. The van der Waals surface area contributed by atoms with Gasteiger partial charge in [-0.15, -0.1) is 11.3 Å². The molecule has 5 nitrogen and oxygen atoms in total. The Morgan fingerprint density at radius 2 is 2.04 bits per heavy atom. The number of esters is 1. The second kappa shape index (κ2) is 8.65. The minimum atomic E-state index is -0.483. The predicted octanol–water partition coefficient (Wildman–Crippen LogP) is 3.64. The molecule has 0 fully saturated rings. The van der Waals surface area contributed by atoms with Crippen LogP contribution in [0.25, 0.3) is 6.08 Å². The third kappa shape index (κ3) is 4.94. The van der Waals surface area contributed by atoms with Crippen LogP contribution in [0, 0.1) is 0 Å². The van der Waals surface area contributed by atoms with E-state index in [-0.39, 0.29) is 5.91 Å². The van der Waals surface area contributed by atoms with Crippen LogP contribution in [0.2, 0.25) is 0 Å². The second-order valence-electron chi connectivity index (χ2n) is 4.72. The number of halogens is 1. The van der Waals surface area contributed by atoms with E-state index in [2.05, 4.69) is 21.2 Å². The molecule has 0 aliphatic heterocycles. The molecule has 126 valence electrons. The maximum absolute atomic E-state index is 11.9. The first-order valence-corrected chi connectivity index (χ1v) is 8.61. The van der Waals surface area contributed by atoms with Gasteiger partial charge in [0.15, 0.2) is 0 Å². The summed E-state index contributed by atoms with van der Waals surface area (Å²) in [5.41, 5.74) is 1.10. The van der Waals surface area contributed by atoms with E-state index in [4.69, 9.17) is 9.47 Å². The maximum atomic E-state index is 11.9. The van der Waals surface area contributed by atoms with Gasteiger partial charge < -0.3 is 14.8 Å². The number of hydrogen-bond donors (Lipinski definition) is 1. The van der Waals surface area contributed by atoms with Crippen LogP contribution in [-0.4, -0.2) is 26.1 Å². The first-order chi connectivity index (χ1) is 11.5. The maximum Gasteiger partial charge on any atom is 0.341 e. The highest BCUT2D eigenvalue weighted by Crippen LogP contribution is 2.23. The number of benzene rings is 1. The molecule has 1 aromatic heterocycles. The molecule has 2 rings (SSSR count). The van der Waals surface area contributed by atoms with Crippen LogP contribution in [0.1, 0.15) is 20.8 Å². The van der Waals surface area contributed by atoms with Crippen molar-refractivity contribution in [2.75, 3.05) is 14.2 Å². The Morgan fingerprint density at radius 3 is 2.67 bits per heavy atom. The van der Waals surface area contributed by atoms with Gasteiger partial charge >= 0.3 is 5.97 Å². The third-order valence-electron chi connectivity index (χ3n) is 3.13. The summed E-state index contributed by atoms with van der Waals surface area (Å²) in [5, 5.41) is 2.77. The molecule has 1 aromatic carbocycles. The number of ether oxygens (including phenoxy) is 2. The number of hydrogen-bond acceptors (Lipinski definition) is 5. The molecule has 0 unspecified atom stereocenters. The van der Waals surface area contributed by atoms with E-state index in [1.54, 1.807) is 35.6 Å². The fourth-order valence-electron chi connectivity index (χ4n) is 1.96. The van der Waals surface area contributed by atoms with Gasteiger partial charge in [0, 0.05) is 17.5 Å². The van der Waals surface area contributed by atoms with Crippen LogP contribution < -0.4 is 10.1 Å². The number of carbonyl (C=O) groups excluding carboxylic acids is 2. The number of methoxy groups -OCH3 is 2. The Bertz CT molecular complexity index is 770. The largest absolute Gasteiger partial charge is 0.496 e. The van der Waals surface area contributed by atoms with Gasteiger partial charge in [0.1, 0.15) is 11.3 Å². The summed E-state index contributed by atoms with van der Waals surface area (Å²) < 4.78 is 10.9. The van der Waals surface area contributed by atoms with E-state index in [1.807, 2.05) is 12.1 Å². The minimum absolute atomic E-state index is 0.213. The van der Waals surface area contributed by atoms with E-state index >= 15 is 0 Å². The lowest BCUT2D eigenvalue weighted by atomic mass is 10.1. The van der Waals surface area contributed by atoms with Crippen LogP contribution in [0.3, 0.4) is 0 Å². The Morgan fingerprint density at radius 1 is 1.25 bits per heavy atom. The average Bonchev–Trinajstić information content (AvgIpc) is 3.02. The van der Waals surface area contributed by atoms with Crippen molar-refractivity contribution in [2.45, 2.75) is 6.54 Å². The average molecular weight is 410 g/mol. The highest BCUT2D eigenvalue weighted by atomic mass is 79.9. The van der Waals surface area contributed by atoms with Crippen LogP contribution >= 0.6 is 27.3 Å². The lowest BCUT2D eigenvalue weighted by molar-refractivity contribution is -0.116. The van der Waals surface area contributed by atoms with Gasteiger partial charge in [0.25, 0.3) is 0 Å². The molecule has 7 heteroatoms.